The molecule has 18 heavy (non-hydrogen) atoms. The van der Waals surface area contributed by atoms with Crippen molar-refractivity contribution in [2.75, 3.05) is 13.1 Å². The number of ketones is 1. The molecule has 0 bridgehead atoms. The first-order valence-corrected chi connectivity index (χ1v) is 6.61. The highest BCUT2D eigenvalue weighted by Gasteiger charge is 2.38. The van der Waals surface area contributed by atoms with Gasteiger partial charge in [0.1, 0.15) is 5.82 Å². The number of carbonyl (C=O) groups is 1. The molecule has 0 aliphatic carbocycles. The molecular weight excluding hydrogens is 229 g/mol. The van der Waals surface area contributed by atoms with Crippen molar-refractivity contribution in [2.45, 2.75) is 33.1 Å². The minimum Gasteiger partial charge on any atom is -0.316 e. The SMILES string of the molecule is CCC1(C(=O)c2ccc(F)cc2C)CCCNC1. The number of piperidine rings is 1. The fourth-order valence-corrected chi connectivity index (χ4v) is 2.79. The average Bonchev–Trinajstić information content (AvgIpc) is 2.39. The third kappa shape index (κ3) is 2.32. The first-order chi connectivity index (χ1) is 8.59. The number of benzene rings is 1. The van der Waals surface area contributed by atoms with E-state index in [0.29, 0.717) is 5.56 Å². The van der Waals surface area contributed by atoms with Crippen LogP contribution in [0.4, 0.5) is 4.39 Å². The fourth-order valence-electron chi connectivity index (χ4n) is 2.79. The summed E-state index contributed by atoms with van der Waals surface area (Å²) in [4.78, 5) is 12.7. The molecule has 1 aliphatic rings. The first kappa shape index (κ1) is 13.2. The van der Waals surface area contributed by atoms with E-state index in [9.17, 15) is 9.18 Å². The molecule has 0 amide bonds. The third-order valence-corrected chi connectivity index (χ3v) is 4.06. The Labute approximate surface area is 108 Å². The van der Waals surface area contributed by atoms with Crippen molar-refractivity contribution in [3.8, 4) is 0 Å². The Morgan fingerprint density at radius 2 is 2.28 bits per heavy atom. The van der Waals surface area contributed by atoms with Gasteiger partial charge < -0.3 is 5.32 Å². The van der Waals surface area contributed by atoms with Crippen LogP contribution in [-0.2, 0) is 0 Å². The summed E-state index contributed by atoms with van der Waals surface area (Å²) in [6.45, 7) is 5.58. The van der Waals surface area contributed by atoms with E-state index in [0.717, 1.165) is 37.9 Å². The summed E-state index contributed by atoms with van der Waals surface area (Å²) >= 11 is 0. The standard InChI is InChI=1S/C15H20FNO/c1-3-15(7-4-8-17-10-15)14(18)13-6-5-12(16)9-11(13)2/h5-6,9,17H,3-4,7-8,10H2,1-2H3. The molecule has 3 heteroatoms. The molecule has 0 aromatic heterocycles. The number of halogens is 1. The lowest BCUT2D eigenvalue weighted by Crippen LogP contribution is -2.45. The summed E-state index contributed by atoms with van der Waals surface area (Å²) in [7, 11) is 0. The van der Waals surface area contributed by atoms with E-state index in [1.165, 1.54) is 12.1 Å². The summed E-state index contributed by atoms with van der Waals surface area (Å²) in [5.74, 6) is -0.119. The van der Waals surface area contributed by atoms with Crippen molar-refractivity contribution in [3.63, 3.8) is 0 Å². The number of carbonyl (C=O) groups excluding carboxylic acids is 1. The van der Waals surface area contributed by atoms with Gasteiger partial charge >= 0.3 is 0 Å². The van der Waals surface area contributed by atoms with E-state index in [1.54, 1.807) is 13.0 Å². The van der Waals surface area contributed by atoms with Crippen molar-refractivity contribution in [3.05, 3.63) is 35.1 Å². The number of nitrogens with one attached hydrogen (secondary N) is 1. The predicted octanol–water partition coefficient (Wildman–Crippen LogP) is 3.10. The highest BCUT2D eigenvalue weighted by atomic mass is 19.1. The Hall–Kier alpha value is -1.22. The second-order valence-electron chi connectivity index (χ2n) is 5.20. The molecule has 1 N–H and O–H groups in total. The molecule has 0 spiro atoms. The van der Waals surface area contributed by atoms with Gasteiger partial charge in [0.2, 0.25) is 0 Å². The van der Waals surface area contributed by atoms with E-state index in [-0.39, 0.29) is 17.0 Å². The predicted molar refractivity (Wildman–Crippen MR) is 70.3 cm³/mol. The molecular formula is C15H20FNO. The molecule has 2 rings (SSSR count). The zero-order valence-electron chi connectivity index (χ0n) is 11.1. The van der Waals surface area contributed by atoms with Crippen LogP contribution in [-0.4, -0.2) is 18.9 Å². The Morgan fingerprint density at radius 1 is 1.50 bits per heavy atom. The Kier molecular flexibility index (Phi) is 3.81. The maximum Gasteiger partial charge on any atom is 0.170 e. The lowest BCUT2D eigenvalue weighted by Gasteiger charge is -2.35. The minimum absolute atomic E-state index is 0.162. The van der Waals surface area contributed by atoms with Crippen molar-refractivity contribution in [1.82, 2.24) is 5.32 Å². The van der Waals surface area contributed by atoms with Crippen LogP contribution >= 0.6 is 0 Å². The van der Waals surface area contributed by atoms with Gasteiger partial charge in [-0.1, -0.05) is 6.92 Å². The molecule has 1 aliphatic heterocycles. The molecule has 0 saturated carbocycles. The molecule has 1 fully saturated rings. The Morgan fingerprint density at radius 3 is 2.83 bits per heavy atom. The van der Waals surface area contributed by atoms with Gasteiger partial charge in [-0.2, -0.15) is 0 Å². The normalized spacial score (nSPS) is 23.9. The molecule has 1 unspecified atom stereocenters. The van der Waals surface area contributed by atoms with Crippen LogP contribution < -0.4 is 5.32 Å². The molecule has 1 aromatic rings. The largest absolute Gasteiger partial charge is 0.316 e. The average molecular weight is 249 g/mol. The third-order valence-electron chi connectivity index (χ3n) is 4.06. The smallest absolute Gasteiger partial charge is 0.170 e. The van der Waals surface area contributed by atoms with Crippen LogP contribution in [0, 0.1) is 18.2 Å². The van der Waals surface area contributed by atoms with Gasteiger partial charge in [0, 0.05) is 17.5 Å². The van der Waals surface area contributed by atoms with Crippen molar-refractivity contribution in [2.24, 2.45) is 5.41 Å². The van der Waals surface area contributed by atoms with E-state index in [4.69, 9.17) is 0 Å². The highest BCUT2D eigenvalue weighted by molar-refractivity contribution is 6.01. The quantitative estimate of drug-likeness (QED) is 0.834. The van der Waals surface area contributed by atoms with Gasteiger partial charge in [-0.3, -0.25) is 4.79 Å². The summed E-state index contributed by atoms with van der Waals surface area (Å²) < 4.78 is 13.1. The number of aryl methyl sites for hydroxylation is 1. The molecule has 2 nitrogen and oxygen atoms in total. The first-order valence-electron chi connectivity index (χ1n) is 6.61. The summed E-state index contributed by atoms with van der Waals surface area (Å²) in [5.41, 5.74) is 1.10. The number of Topliss-reactive ketones (excluding diaryl/α,β-unsaturated/α-hetero) is 1. The molecule has 98 valence electrons. The number of hydrogen-bond acceptors (Lipinski definition) is 2. The van der Waals surface area contributed by atoms with Gasteiger partial charge in [-0.15, -0.1) is 0 Å². The lowest BCUT2D eigenvalue weighted by molar-refractivity contribution is 0.0730. The monoisotopic (exact) mass is 249 g/mol. The van der Waals surface area contributed by atoms with Crippen LogP contribution in [0.15, 0.2) is 18.2 Å². The molecule has 1 saturated heterocycles. The number of rotatable bonds is 3. The summed E-state index contributed by atoms with van der Waals surface area (Å²) in [6.07, 6.45) is 2.78. The van der Waals surface area contributed by atoms with Gasteiger partial charge in [0.15, 0.2) is 5.78 Å². The van der Waals surface area contributed by atoms with Crippen LogP contribution in [0.25, 0.3) is 0 Å². The Balaban J connectivity index is 2.33. The molecule has 0 radical (unpaired) electrons. The maximum absolute atomic E-state index is 13.1. The molecule has 1 aromatic carbocycles. The Bertz CT molecular complexity index is 450. The minimum atomic E-state index is -0.305. The van der Waals surface area contributed by atoms with Crippen LogP contribution in [0.2, 0.25) is 0 Å². The van der Waals surface area contributed by atoms with E-state index >= 15 is 0 Å². The topological polar surface area (TPSA) is 29.1 Å². The number of hydrogen-bond donors (Lipinski definition) is 1. The van der Waals surface area contributed by atoms with E-state index in [1.807, 2.05) is 0 Å². The second-order valence-corrected chi connectivity index (χ2v) is 5.20. The van der Waals surface area contributed by atoms with Crippen LogP contribution in [0.3, 0.4) is 0 Å². The summed E-state index contributed by atoms with van der Waals surface area (Å²) in [5, 5.41) is 3.31. The molecule has 1 atom stereocenters. The zero-order chi connectivity index (χ0) is 13.2. The van der Waals surface area contributed by atoms with Gasteiger partial charge in [-0.25, -0.2) is 4.39 Å². The van der Waals surface area contributed by atoms with E-state index < -0.39 is 0 Å². The van der Waals surface area contributed by atoms with Crippen molar-refractivity contribution in [1.29, 1.82) is 0 Å². The maximum atomic E-state index is 13.1. The summed E-state index contributed by atoms with van der Waals surface area (Å²) in [6, 6.07) is 4.44. The van der Waals surface area contributed by atoms with Gasteiger partial charge in [0.25, 0.3) is 0 Å². The van der Waals surface area contributed by atoms with Crippen LogP contribution in [0.1, 0.15) is 42.1 Å². The van der Waals surface area contributed by atoms with Gasteiger partial charge in [0.05, 0.1) is 0 Å². The van der Waals surface area contributed by atoms with Crippen molar-refractivity contribution >= 4 is 5.78 Å². The fraction of sp³-hybridized carbons (Fsp3) is 0.533. The zero-order valence-corrected chi connectivity index (χ0v) is 11.1. The second kappa shape index (κ2) is 5.19. The van der Waals surface area contributed by atoms with Crippen molar-refractivity contribution < 1.29 is 9.18 Å². The van der Waals surface area contributed by atoms with Crippen LogP contribution in [0.5, 0.6) is 0 Å². The highest BCUT2D eigenvalue weighted by Crippen LogP contribution is 2.34. The lowest BCUT2D eigenvalue weighted by atomic mass is 9.72. The van der Waals surface area contributed by atoms with Gasteiger partial charge in [-0.05, 0) is 56.5 Å². The molecule has 1 heterocycles. The van der Waals surface area contributed by atoms with E-state index in [2.05, 4.69) is 12.2 Å².